The van der Waals surface area contributed by atoms with Gasteiger partial charge in [-0.25, -0.2) is 9.95 Å². The third kappa shape index (κ3) is 2.05. The summed E-state index contributed by atoms with van der Waals surface area (Å²) in [5, 5.41) is 2.11. The van der Waals surface area contributed by atoms with E-state index in [1.807, 2.05) is 0 Å². The van der Waals surface area contributed by atoms with Gasteiger partial charge in [0.1, 0.15) is 12.0 Å². The monoisotopic (exact) mass is 185 g/mol. The molecule has 0 aromatic carbocycles. The number of methoxy groups -OCH3 is 1. The quantitative estimate of drug-likeness (QED) is 0.397. The van der Waals surface area contributed by atoms with Crippen molar-refractivity contribution in [3.05, 3.63) is 22.2 Å². The van der Waals surface area contributed by atoms with Gasteiger partial charge in [0.15, 0.2) is 5.78 Å². The van der Waals surface area contributed by atoms with Crippen LogP contribution in [0.15, 0.2) is 15.5 Å². The highest BCUT2D eigenvalue weighted by atomic mass is 16.5. The number of carbonyl (C=O) groups is 2. The minimum Gasteiger partial charge on any atom is -0.469 e. The molecule has 1 heterocycles. The Labute approximate surface area is 72.5 Å². The van der Waals surface area contributed by atoms with Gasteiger partial charge in [-0.05, 0) is 0 Å². The highest BCUT2D eigenvalue weighted by Crippen LogP contribution is 1.97. The second kappa shape index (κ2) is 3.70. The molecule has 6 nitrogen and oxygen atoms in total. The van der Waals surface area contributed by atoms with E-state index in [0.717, 1.165) is 13.3 Å². The van der Waals surface area contributed by atoms with Crippen LogP contribution in [0, 0.1) is 0 Å². The van der Waals surface area contributed by atoms with E-state index in [2.05, 4.69) is 14.4 Å². The standard InChI is InChI=1S/C7H7NO5/c1-12-6(10)2-5(9)4-3-8-13-7(4)11/h3,8H,2H2,1H3. The molecule has 0 aliphatic rings. The summed E-state index contributed by atoms with van der Waals surface area (Å²) in [7, 11) is 1.16. The van der Waals surface area contributed by atoms with Gasteiger partial charge in [-0.15, -0.1) is 0 Å². The van der Waals surface area contributed by atoms with Crippen LogP contribution in [0.2, 0.25) is 0 Å². The fourth-order valence-corrected chi connectivity index (χ4v) is 0.749. The number of ether oxygens (including phenoxy) is 1. The van der Waals surface area contributed by atoms with Crippen molar-refractivity contribution in [1.82, 2.24) is 5.16 Å². The van der Waals surface area contributed by atoms with Crippen molar-refractivity contribution in [2.75, 3.05) is 7.11 Å². The number of H-pyrrole nitrogens is 1. The molecule has 0 saturated heterocycles. The Bertz CT molecular complexity index is 374. The Morgan fingerprint density at radius 1 is 1.62 bits per heavy atom. The molecular formula is C7H7NO5. The molecule has 0 atom stereocenters. The van der Waals surface area contributed by atoms with Gasteiger partial charge in [0.25, 0.3) is 0 Å². The van der Waals surface area contributed by atoms with Crippen LogP contribution in [0.25, 0.3) is 0 Å². The van der Waals surface area contributed by atoms with Crippen molar-refractivity contribution in [3.8, 4) is 0 Å². The number of hydrogen-bond acceptors (Lipinski definition) is 5. The number of aromatic amines is 1. The lowest BCUT2D eigenvalue weighted by Gasteiger charge is -1.94. The third-order valence-electron chi connectivity index (χ3n) is 1.41. The predicted octanol–water partition coefficient (Wildman–Crippen LogP) is -0.286. The molecular weight excluding hydrogens is 178 g/mol. The summed E-state index contributed by atoms with van der Waals surface area (Å²) in [5.41, 5.74) is -0.959. The Morgan fingerprint density at radius 2 is 2.31 bits per heavy atom. The van der Waals surface area contributed by atoms with Gasteiger partial charge >= 0.3 is 11.6 Å². The molecule has 1 aromatic rings. The SMILES string of the molecule is COC(=O)CC(=O)c1c[nH]oc1=O. The summed E-state index contributed by atoms with van der Waals surface area (Å²) >= 11 is 0. The predicted molar refractivity (Wildman–Crippen MR) is 40.3 cm³/mol. The van der Waals surface area contributed by atoms with Gasteiger partial charge in [-0.3, -0.25) is 9.59 Å². The molecule has 0 radical (unpaired) electrons. The normalized spacial score (nSPS) is 9.62. The molecule has 1 aromatic heterocycles. The maximum absolute atomic E-state index is 11.1. The zero-order valence-corrected chi connectivity index (χ0v) is 6.83. The maximum atomic E-state index is 11.1. The Hall–Kier alpha value is -1.85. The van der Waals surface area contributed by atoms with Crippen LogP contribution in [-0.2, 0) is 9.53 Å². The van der Waals surface area contributed by atoms with E-state index in [9.17, 15) is 14.4 Å². The summed E-state index contributed by atoms with van der Waals surface area (Å²) in [6, 6.07) is 0. The molecule has 1 N–H and O–H groups in total. The van der Waals surface area contributed by atoms with Crippen molar-refractivity contribution in [1.29, 1.82) is 0 Å². The average Bonchev–Trinajstić information content (AvgIpc) is 2.51. The van der Waals surface area contributed by atoms with Gasteiger partial charge < -0.3 is 9.26 Å². The molecule has 13 heavy (non-hydrogen) atoms. The minimum absolute atomic E-state index is 0.176. The first-order valence-electron chi connectivity index (χ1n) is 3.42. The first-order chi connectivity index (χ1) is 6.15. The molecule has 1 rings (SSSR count). The van der Waals surface area contributed by atoms with Crippen molar-refractivity contribution in [2.24, 2.45) is 0 Å². The highest BCUT2D eigenvalue weighted by Gasteiger charge is 2.16. The van der Waals surface area contributed by atoms with Crippen LogP contribution < -0.4 is 5.63 Å². The summed E-state index contributed by atoms with van der Waals surface area (Å²) in [6.07, 6.45) is 0.646. The van der Waals surface area contributed by atoms with Gasteiger partial charge in [-0.1, -0.05) is 0 Å². The fourth-order valence-electron chi connectivity index (χ4n) is 0.749. The summed E-state index contributed by atoms with van der Waals surface area (Å²) in [4.78, 5) is 32.5. The summed E-state index contributed by atoms with van der Waals surface area (Å²) < 4.78 is 8.50. The zero-order valence-electron chi connectivity index (χ0n) is 6.83. The molecule has 0 aliphatic carbocycles. The van der Waals surface area contributed by atoms with Crippen LogP contribution in [0.4, 0.5) is 0 Å². The average molecular weight is 185 g/mol. The van der Waals surface area contributed by atoms with Gasteiger partial charge in [-0.2, -0.15) is 0 Å². The number of ketones is 1. The third-order valence-corrected chi connectivity index (χ3v) is 1.41. The first kappa shape index (κ1) is 9.24. The molecule has 6 heteroatoms. The Balaban J connectivity index is 2.75. The zero-order chi connectivity index (χ0) is 9.84. The molecule has 0 fully saturated rings. The second-order valence-electron chi connectivity index (χ2n) is 2.24. The van der Waals surface area contributed by atoms with Crippen molar-refractivity contribution >= 4 is 11.8 Å². The number of esters is 1. The van der Waals surface area contributed by atoms with Crippen molar-refractivity contribution in [2.45, 2.75) is 6.42 Å². The fraction of sp³-hybridized carbons (Fsp3) is 0.286. The molecule has 0 aliphatic heterocycles. The lowest BCUT2D eigenvalue weighted by atomic mass is 10.2. The van der Waals surface area contributed by atoms with Crippen LogP contribution in [-0.4, -0.2) is 24.0 Å². The van der Waals surface area contributed by atoms with E-state index in [0.29, 0.717) is 0 Å². The van der Waals surface area contributed by atoms with E-state index in [-0.39, 0.29) is 5.56 Å². The Morgan fingerprint density at radius 3 is 2.77 bits per heavy atom. The van der Waals surface area contributed by atoms with Gasteiger partial charge in [0.2, 0.25) is 0 Å². The van der Waals surface area contributed by atoms with E-state index in [4.69, 9.17) is 0 Å². The topological polar surface area (TPSA) is 89.4 Å². The molecule has 0 unspecified atom stereocenters. The summed E-state index contributed by atoms with van der Waals surface area (Å²) in [6.45, 7) is 0. The number of hydrogen-bond donors (Lipinski definition) is 1. The molecule has 0 spiro atoms. The largest absolute Gasteiger partial charge is 0.469 e. The number of rotatable bonds is 3. The molecule has 0 bridgehead atoms. The van der Waals surface area contributed by atoms with Crippen LogP contribution in [0.1, 0.15) is 16.8 Å². The molecule has 0 saturated carbocycles. The maximum Gasteiger partial charge on any atom is 0.367 e. The van der Waals surface area contributed by atoms with E-state index >= 15 is 0 Å². The lowest BCUT2D eigenvalue weighted by molar-refractivity contribution is -0.139. The second-order valence-corrected chi connectivity index (χ2v) is 2.24. The Kier molecular flexibility index (Phi) is 2.63. The number of carbonyl (C=O) groups excluding carboxylic acids is 2. The van der Waals surface area contributed by atoms with Crippen LogP contribution in [0.5, 0.6) is 0 Å². The van der Waals surface area contributed by atoms with Crippen molar-refractivity contribution in [3.63, 3.8) is 0 Å². The first-order valence-corrected chi connectivity index (χ1v) is 3.42. The van der Waals surface area contributed by atoms with Crippen LogP contribution >= 0.6 is 0 Å². The van der Waals surface area contributed by atoms with E-state index in [1.54, 1.807) is 0 Å². The number of aromatic nitrogens is 1. The minimum atomic E-state index is -0.783. The lowest BCUT2D eigenvalue weighted by Crippen LogP contribution is -2.14. The molecule has 0 amide bonds. The number of nitrogens with one attached hydrogen (secondary N) is 1. The van der Waals surface area contributed by atoms with E-state index < -0.39 is 23.8 Å². The van der Waals surface area contributed by atoms with Crippen LogP contribution in [0.3, 0.4) is 0 Å². The highest BCUT2D eigenvalue weighted by molar-refractivity contribution is 6.05. The smallest absolute Gasteiger partial charge is 0.367 e. The summed E-state index contributed by atoms with van der Waals surface area (Å²) in [5.74, 6) is -1.31. The van der Waals surface area contributed by atoms with Gasteiger partial charge in [0, 0.05) is 0 Å². The van der Waals surface area contributed by atoms with Crippen molar-refractivity contribution < 1.29 is 18.8 Å². The van der Waals surface area contributed by atoms with Gasteiger partial charge in [0.05, 0.1) is 13.3 Å². The van der Waals surface area contributed by atoms with E-state index in [1.165, 1.54) is 0 Å². The molecule has 70 valence electrons. The number of Topliss-reactive ketones (excluding diaryl/α,β-unsaturated/α-hetero) is 1.